The highest BCUT2D eigenvalue weighted by molar-refractivity contribution is 7.91. The van der Waals surface area contributed by atoms with Gasteiger partial charge in [-0.25, -0.2) is 8.42 Å². The summed E-state index contributed by atoms with van der Waals surface area (Å²) in [6.07, 6.45) is 2.87. The standard InChI is InChI=1S/C13H15N3O3S/c17-8-11-4-1-5-12-14-15-13(16(11)12)7-10-3-2-6-20(18,19)9-10/h1,4-5,8,10H,2-3,6-7,9H2. The van der Waals surface area contributed by atoms with E-state index in [0.29, 0.717) is 30.0 Å². The van der Waals surface area contributed by atoms with E-state index in [0.717, 1.165) is 12.7 Å². The Hall–Kier alpha value is -1.76. The molecule has 2 aromatic heterocycles. The van der Waals surface area contributed by atoms with Gasteiger partial charge in [-0.15, -0.1) is 10.2 Å². The molecule has 0 amide bonds. The smallest absolute Gasteiger partial charge is 0.166 e. The second-order valence-corrected chi connectivity index (χ2v) is 7.43. The number of sulfone groups is 1. The summed E-state index contributed by atoms with van der Waals surface area (Å²) < 4.78 is 25.1. The van der Waals surface area contributed by atoms with Gasteiger partial charge in [0.25, 0.3) is 0 Å². The molecule has 0 saturated carbocycles. The molecule has 1 aliphatic rings. The van der Waals surface area contributed by atoms with Crippen LogP contribution in [0.25, 0.3) is 5.65 Å². The molecule has 3 rings (SSSR count). The maximum absolute atomic E-state index is 11.7. The van der Waals surface area contributed by atoms with Crippen molar-refractivity contribution in [1.82, 2.24) is 14.6 Å². The zero-order chi connectivity index (χ0) is 14.2. The van der Waals surface area contributed by atoms with E-state index in [-0.39, 0.29) is 17.4 Å². The lowest BCUT2D eigenvalue weighted by Gasteiger charge is -2.21. The van der Waals surface area contributed by atoms with Crippen LogP contribution in [0.2, 0.25) is 0 Å². The first-order valence-corrected chi connectivity index (χ1v) is 8.40. The van der Waals surface area contributed by atoms with Crippen molar-refractivity contribution in [3.63, 3.8) is 0 Å². The van der Waals surface area contributed by atoms with Gasteiger partial charge < -0.3 is 0 Å². The summed E-state index contributed by atoms with van der Waals surface area (Å²) in [4.78, 5) is 11.1. The molecule has 0 aromatic carbocycles. The van der Waals surface area contributed by atoms with Gasteiger partial charge in [-0.1, -0.05) is 6.07 Å². The second kappa shape index (κ2) is 4.97. The molecular formula is C13H15N3O3S. The molecule has 0 N–H and O–H groups in total. The van der Waals surface area contributed by atoms with Gasteiger partial charge in [0.15, 0.2) is 21.8 Å². The number of carbonyl (C=O) groups excluding carboxylic acids is 1. The Morgan fingerprint density at radius 2 is 2.20 bits per heavy atom. The predicted molar refractivity (Wildman–Crippen MR) is 73.5 cm³/mol. The highest BCUT2D eigenvalue weighted by Gasteiger charge is 2.26. The second-order valence-electron chi connectivity index (χ2n) is 5.21. The SMILES string of the molecule is O=Cc1cccc2nnc(CC3CCCS(=O)(=O)C3)n12. The Balaban J connectivity index is 1.93. The van der Waals surface area contributed by atoms with E-state index < -0.39 is 9.84 Å². The number of aldehydes is 1. The molecule has 20 heavy (non-hydrogen) atoms. The summed E-state index contributed by atoms with van der Waals surface area (Å²) in [5, 5.41) is 8.14. The fourth-order valence-electron chi connectivity index (χ4n) is 2.79. The lowest BCUT2D eigenvalue weighted by atomic mass is 10.0. The lowest BCUT2D eigenvalue weighted by Crippen LogP contribution is -2.27. The normalized spacial score (nSPS) is 21.9. The topological polar surface area (TPSA) is 81.4 Å². The van der Waals surface area contributed by atoms with Crippen LogP contribution >= 0.6 is 0 Å². The zero-order valence-corrected chi connectivity index (χ0v) is 11.7. The van der Waals surface area contributed by atoms with E-state index in [1.165, 1.54) is 0 Å². The molecule has 1 saturated heterocycles. The molecule has 106 valence electrons. The number of rotatable bonds is 3. The molecule has 0 spiro atoms. The number of hydrogen-bond donors (Lipinski definition) is 0. The molecule has 0 radical (unpaired) electrons. The van der Waals surface area contributed by atoms with Gasteiger partial charge in [0.1, 0.15) is 5.82 Å². The fourth-order valence-corrected chi connectivity index (χ4v) is 4.56. The van der Waals surface area contributed by atoms with Crippen LogP contribution in [0, 0.1) is 5.92 Å². The van der Waals surface area contributed by atoms with E-state index in [9.17, 15) is 13.2 Å². The quantitative estimate of drug-likeness (QED) is 0.786. The van der Waals surface area contributed by atoms with Crippen molar-refractivity contribution in [3.05, 3.63) is 29.7 Å². The summed E-state index contributed by atoms with van der Waals surface area (Å²) in [5.74, 6) is 1.19. The summed E-state index contributed by atoms with van der Waals surface area (Å²) in [5.41, 5.74) is 1.10. The van der Waals surface area contributed by atoms with Gasteiger partial charge in [0.2, 0.25) is 0 Å². The summed E-state index contributed by atoms with van der Waals surface area (Å²) in [7, 11) is -2.93. The molecule has 7 heteroatoms. The lowest BCUT2D eigenvalue weighted by molar-refractivity contribution is 0.111. The summed E-state index contributed by atoms with van der Waals surface area (Å²) in [6.45, 7) is 0. The van der Waals surface area contributed by atoms with Crippen molar-refractivity contribution in [2.24, 2.45) is 5.92 Å². The van der Waals surface area contributed by atoms with Gasteiger partial charge in [-0.3, -0.25) is 9.20 Å². The average molecular weight is 293 g/mol. The number of carbonyl (C=O) groups is 1. The van der Waals surface area contributed by atoms with Crippen LogP contribution in [0.3, 0.4) is 0 Å². The van der Waals surface area contributed by atoms with Crippen LogP contribution in [-0.2, 0) is 16.3 Å². The fraction of sp³-hybridized carbons (Fsp3) is 0.462. The van der Waals surface area contributed by atoms with E-state index in [1.54, 1.807) is 22.6 Å². The molecule has 0 bridgehead atoms. The zero-order valence-electron chi connectivity index (χ0n) is 10.9. The minimum absolute atomic E-state index is 0.0564. The highest BCUT2D eigenvalue weighted by atomic mass is 32.2. The third-order valence-electron chi connectivity index (χ3n) is 3.67. The number of fused-ring (bicyclic) bond motifs is 1. The molecule has 6 nitrogen and oxygen atoms in total. The van der Waals surface area contributed by atoms with Crippen LogP contribution in [0.4, 0.5) is 0 Å². The van der Waals surface area contributed by atoms with Crippen LogP contribution in [0.5, 0.6) is 0 Å². The third kappa shape index (κ3) is 2.45. The first kappa shape index (κ1) is 13.2. The molecule has 2 aromatic rings. The average Bonchev–Trinajstić information content (AvgIpc) is 2.81. The van der Waals surface area contributed by atoms with Crippen LogP contribution in [0.1, 0.15) is 29.2 Å². The van der Waals surface area contributed by atoms with Gasteiger partial charge in [-0.05, 0) is 30.9 Å². The summed E-state index contributed by atoms with van der Waals surface area (Å²) in [6, 6.07) is 5.23. The molecule has 0 aliphatic carbocycles. The first-order chi connectivity index (χ1) is 9.59. The Morgan fingerprint density at radius 3 is 2.95 bits per heavy atom. The monoisotopic (exact) mass is 293 g/mol. The van der Waals surface area contributed by atoms with Crippen molar-refractivity contribution in [2.45, 2.75) is 19.3 Å². The van der Waals surface area contributed by atoms with Gasteiger partial charge in [0, 0.05) is 6.42 Å². The van der Waals surface area contributed by atoms with Crippen molar-refractivity contribution >= 4 is 21.8 Å². The summed E-state index contributed by atoms with van der Waals surface area (Å²) >= 11 is 0. The predicted octanol–water partition coefficient (Wildman–Crippen LogP) is 0.909. The number of pyridine rings is 1. The van der Waals surface area contributed by atoms with Gasteiger partial charge in [-0.2, -0.15) is 0 Å². The number of nitrogens with zero attached hydrogens (tertiary/aromatic N) is 3. The van der Waals surface area contributed by atoms with Crippen LogP contribution in [0.15, 0.2) is 18.2 Å². The Bertz CT molecular complexity index is 751. The van der Waals surface area contributed by atoms with Crippen molar-refractivity contribution in [1.29, 1.82) is 0 Å². The molecule has 1 atom stereocenters. The van der Waals surface area contributed by atoms with Crippen molar-refractivity contribution < 1.29 is 13.2 Å². The molecule has 1 fully saturated rings. The van der Waals surface area contributed by atoms with Crippen molar-refractivity contribution in [3.8, 4) is 0 Å². The van der Waals surface area contributed by atoms with Crippen molar-refractivity contribution in [2.75, 3.05) is 11.5 Å². The molecule has 3 heterocycles. The van der Waals surface area contributed by atoms with Crippen LogP contribution in [-0.4, -0.2) is 40.8 Å². The van der Waals surface area contributed by atoms with E-state index >= 15 is 0 Å². The Labute approximate surface area is 116 Å². The molecular weight excluding hydrogens is 278 g/mol. The number of aromatic nitrogens is 3. The van der Waals surface area contributed by atoms with Gasteiger partial charge >= 0.3 is 0 Å². The highest BCUT2D eigenvalue weighted by Crippen LogP contribution is 2.22. The Morgan fingerprint density at radius 1 is 1.35 bits per heavy atom. The largest absolute Gasteiger partial charge is 0.296 e. The van der Waals surface area contributed by atoms with Gasteiger partial charge in [0.05, 0.1) is 17.2 Å². The van der Waals surface area contributed by atoms with Crippen LogP contribution < -0.4 is 0 Å². The maximum Gasteiger partial charge on any atom is 0.166 e. The first-order valence-electron chi connectivity index (χ1n) is 6.58. The van der Waals surface area contributed by atoms with E-state index in [2.05, 4.69) is 10.2 Å². The Kier molecular flexibility index (Phi) is 3.29. The third-order valence-corrected chi connectivity index (χ3v) is 5.56. The maximum atomic E-state index is 11.7. The number of hydrogen-bond acceptors (Lipinski definition) is 5. The van der Waals surface area contributed by atoms with E-state index in [1.807, 2.05) is 0 Å². The molecule has 1 aliphatic heterocycles. The minimum atomic E-state index is -2.93. The minimum Gasteiger partial charge on any atom is -0.296 e. The van der Waals surface area contributed by atoms with E-state index in [4.69, 9.17) is 0 Å². The molecule has 1 unspecified atom stereocenters.